The molecular formula is C10H10ClF. The summed E-state index contributed by atoms with van der Waals surface area (Å²) in [6, 6.07) is 7.44. The second-order valence-corrected chi connectivity index (χ2v) is 3.20. The molecule has 0 aliphatic carbocycles. The van der Waals surface area contributed by atoms with Crippen molar-refractivity contribution in [1.82, 2.24) is 0 Å². The minimum absolute atomic E-state index is 0.622. The van der Waals surface area contributed by atoms with Crippen LogP contribution < -0.4 is 0 Å². The molecular weight excluding hydrogens is 175 g/mol. The highest BCUT2D eigenvalue weighted by Crippen LogP contribution is 2.13. The Morgan fingerprint density at radius 3 is 2.92 bits per heavy atom. The van der Waals surface area contributed by atoms with Gasteiger partial charge in [-0.2, -0.15) is 0 Å². The molecule has 0 atom stereocenters. The molecule has 1 aromatic carbocycles. The Bertz CT molecular complexity index is 292. The van der Waals surface area contributed by atoms with E-state index in [9.17, 15) is 4.39 Å². The summed E-state index contributed by atoms with van der Waals surface area (Å²) in [5.41, 5.74) is 1.74. The molecule has 1 aromatic rings. The lowest BCUT2D eigenvalue weighted by atomic mass is 10.1. The third-order valence-corrected chi connectivity index (χ3v) is 1.79. The van der Waals surface area contributed by atoms with Crippen molar-refractivity contribution >= 4 is 11.6 Å². The quantitative estimate of drug-likeness (QED) is 0.657. The summed E-state index contributed by atoms with van der Waals surface area (Å²) in [6.07, 6.45) is 1.25. The van der Waals surface area contributed by atoms with E-state index in [2.05, 4.69) is 0 Å². The van der Waals surface area contributed by atoms with Crippen molar-refractivity contribution in [3.63, 3.8) is 0 Å². The summed E-state index contributed by atoms with van der Waals surface area (Å²) in [6.45, 7) is 1.75. The number of benzene rings is 1. The van der Waals surface area contributed by atoms with Gasteiger partial charge < -0.3 is 0 Å². The van der Waals surface area contributed by atoms with Crippen LogP contribution in [0.15, 0.2) is 36.2 Å². The van der Waals surface area contributed by atoms with Gasteiger partial charge in [0, 0.05) is 5.02 Å². The number of hydrogen-bond acceptors (Lipinski definition) is 0. The summed E-state index contributed by atoms with van der Waals surface area (Å²) in [7, 11) is 0. The Kier molecular flexibility index (Phi) is 3.30. The van der Waals surface area contributed by atoms with E-state index in [0.29, 0.717) is 23.3 Å². The summed E-state index contributed by atoms with van der Waals surface area (Å²) in [5, 5.41) is 0.694. The maximum absolute atomic E-state index is 12.0. The molecule has 0 radical (unpaired) electrons. The minimum Gasteiger partial charge on any atom is -0.216 e. The van der Waals surface area contributed by atoms with E-state index in [1.807, 2.05) is 18.2 Å². The van der Waals surface area contributed by atoms with Gasteiger partial charge in [-0.1, -0.05) is 23.7 Å². The lowest BCUT2D eigenvalue weighted by Crippen LogP contribution is -1.85. The van der Waals surface area contributed by atoms with Gasteiger partial charge in [-0.15, -0.1) is 0 Å². The molecule has 64 valence electrons. The zero-order chi connectivity index (χ0) is 8.97. The fourth-order valence-electron chi connectivity index (χ4n) is 1.01. The predicted octanol–water partition coefficient (Wildman–Crippen LogP) is 3.76. The highest BCUT2D eigenvalue weighted by molar-refractivity contribution is 6.30. The molecule has 0 amide bonds. The summed E-state index contributed by atoms with van der Waals surface area (Å²) in [4.78, 5) is 0. The molecule has 2 heteroatoms. The van der Waals surface area contributed by atoms with Gasteiger partial charge in [0.15, 0.2) is 0 Å². The Hall–Kier alpha value is -0.820. The average Bonchev–Trinajstić information content (AvgIpc) is 2.04. The van der Waals surface area contributed by atoms with Crippen molar-refractivity contribution in [2.45, 2.75) is 13.3 Å². The normalized spacial score (nSPS) is 11.8. The minimum atomic E-state index is 0.622. The number of rotatable bonds is 2. The summed E-state index contributed by atoms with van der Waals surface area (Å²) >= 11 is 5.76. The van der Waals surface area contributed by atoms with Crippen LogP contribution in [0, 0.1) is 0 Å². The van der Waals surface area contributed by atoms with Gasteiger partial charge in [-0.25, -0.2) is 4.39 Å². The Labute approximate surface area is 76.7 Å². The largest absolute Gasteiger partial charge is 0.216 e. The lowest BCUT2D eigenvalue weighted by molar-refractivity contribution is 0.704. The Morgan fingerprint density at radius 1 is 1.58 bits per heavy atom. The average molecular weight is 185 g/mol. The molecule has 1 rings (SSSR count). The first-order valence-electron chi connectivity index (χ1n) is 3.72. The van der Waals surface area contributed by atoms with Gasteiger partial charge >= 0.3 is 0 Å². The monoisotopic (exact) mass is 184 g/mol. The van der Waals surface area contributed by atoms with Gasteiger partial charge in [0.2, 0.25) is 0 Å². The molecule has 0 nitrogen and oxygen atoms in total. The SMILES string of the molecule is C/C(=C/F)Cc1cccc(Cl)c1. The maximum atomic E-state index is 12.0. The van der Waals surface area contributed by atoms with Crippen LogP contribution in [0.25, 0.3) is 0 Å². The van der Waals surface area contributed by atoms with Crippen LogP contribution in [0.4, 0.5) is 4.39 Å². The number of hydrogen-bond donors (Lipinski definition) is 0. The van der Waals surface area contributed by atoms with Crippen molar-refractivity contribution in [2.24, 2.45) is 0 Å². The first kappa shape index (κ1) is 9.27. The van der Waals surface area contributed by atoms with Crippen molar-refractivity contribution in [3.05, 3.63) is 46.8 Å². The van der Waals surface area contributed by atoms with E-state index in [0.717, 1.165) is 5.56 Å². The van der Waals surface area contributed by atoms with Gasteiger partial charge in [0.25, 0.3) is 0 Å². The van der Waals surface area contributed by atoms with Crippen LogP contribution in [-0.2, 0) is 6.42 Å². The van der Waals surface area contributed by atoms with E-state index in [1.165, 1.54) is 0 Å². The van der Waals surface area contributed by atoms with Crippen LogP contribution in [0.3, 0.4) is 0 Å². The zero-order valence-corrected chi connectivity index (χ0v) is 7.61. The second kappa shape index (κ2) is 4.27. The third-order valence-electron chi connectivity index (χ3n) is 1.56. The standard InChI is InChI=1S/C10H10ClF/c1-8(7-12)5-9-3-2-4-10(11)6-9/h2-4,6-7H,5H2,1H3/b8-7-. The van der Waals surface area contributed by atoms with E-state index in [-0.39, 0.29) is 0 Å². The smallest absolute Gasteiger partial charge is 0.0859 e. The lowest BCUT2D eigenvalue weighted by Gasteiger charge is -1.99. The molecule has 0 unspecified atom stereocenters. The molecule has 0 saturated carbocycles. The van der Waals surface area contributed by atoms with E-state index in [1.54, 1.807) is 13.0 Å². The fraction of sp³-hybridized carbons (Fsp3) is 0.200. The van der Waals surface area contributed by atoms with Gasteiger partial charge in [-0.3, -0.25) is 0 Å². The zero-order valence-electron chi connectivity index (χ0n) is 6.85. The molecule has 0 aromatic heterocycles. The number of halogens is 2. The van der Waals surface area contributed by atoms with Crippen molar-refractivity contribution in [3.8, 4) is 0 Å². The van der Waals surface area contributed by atoms with Crippen LogP contribution in [0.1, 0.15) is 12.5 Å². The van der Waals surface area contributed by atoms with E-state index >= 15 is 0 Å². The maximum Gasteiger partial charge on any atom is 0.0859 e. The molecule has 0 N–H and O–H groups in total. The molecule has 0 aliphatic heterocycles. The molecule has 0 aliphatic rings. The van der Waals surface area contributed by atoms with Crippen LogP contribution in [0.5, 0.6) is 0 Å². The first-order valence-corrected chi connectivity index (χ1v) is 4.10. The number of allylic oxidation sites excluding steroid dienone is 1. The predicted molar refractivity (Wildman–Crippen MR) is 50.0 cm³/mol. The van der Waals surface area contributed by atoms with Gasteiger partial charge in [0.1, 0.15) is 0 Å². The molecule has 12 heavy (non-hydrogen) atoms. The van der Waals surface area contributed by atoms with Crippen molar-refractivity contribution in [2.75, 3.05) is 0 Å². The van der Waals surface area contributed by atoms with Crippen LogP contribution >= 0.6 is 11.6 Å². The fourth-order valence-corrected chi connectivity index (χ4v) is 1.22. The van der Waals surface area contributed by atoms with Crippen LogP contribution in [-0.4, -0.2) is 0 Å². The highest BCUT2D eigenvalue weighted by atomic mass is 35.5. The molecule has 0 heterocycles. The topological polar surface area (TPSA) is 0 Å². The molecule has 0 fully saturated rings. The van der Waals surface area contributed by atoms with Crippen molar-refractivity contribution in [1.29, 1.82) is 0 Å². The van der Waals surface area contributed by atoms with E-state index in [4.69, 9.17) is 11.6 Å². The summed E-state index contributed by atoms with van der Waals surface area (Å²) in [5.74, 6) is 0. The van der Waals surface area contributed by atoms with E-state index < -0.39 is 0 Å². The molecule has 0 spiro atoms. The molecule has 0 bridgehead atoms. The van der Waals surface area contributed by atoms with Crippen molar-refractivity contribution < 1.29 is 4.39 Å². The Morgan fingerprint density at radius 2 is 2.33 bits per heavy atom. The van der Waals surface area contributed by atoms with Crippen LogP contribution in [0.2, 0.25) is 5.02 Å². The van der Waals surface area contributed by atoms with Gasteiger partial charge in [-0.05, 0) is 36.6 Å². The molecule has 0 saturated heterocycles. The second-order valence-electron chi connectivity index (χ2n) is 2.76. The first-order chi connectivity index (χ1) is 5.72. The third kappa shape index (κ3) is 2.67. The highest BCUT2D eigenvalue weighted by Gasteiger charge is 1.95. The summed E-state index contributed by atoms with van der Waals surface area (Å²) < 4.78 is 12.0. The Balaban J connectivity index is 2.76. The van der Waals surface area contributed by atoms with Gasteiger partial charge in [0.05, 0.1) is 6.33 Å².